The molecule has 0 radical (unpaired) electrons. The molecule has 1 heterocycles. The summed E-state index contributed by atoms with van der Waals surface area (Å²) in [6.45, 7) is 2.27. The van der Waals surface area contributed by atoms with Gasteiger partial charge in [0, 0.05) is 12.5 Å². The third-order valence-electron chi connectivity index (χ3n) is 1.50. The zero-order valence-corrected chi connectivity index (χ0v) is 7.11. The Balaban J connectivity index is 2.39. The predicted octanol–water partition coefficient (Wildman–Crippen LogP) is -0.947. The van der Waals surface area contributed by atoms with Crippen LogP contribution in [-0.2, 0) is 4.79 Å². The fraction of sp³-hybridized carbons (Fsp3) is 0.429. The van der Waals surface area contributed by atoms with Gasteiger partial charge in [-0.25, -0.2) is 0 Å². The maximum atomic E-state index is 10.7. The number of nitrogens with zero attached hydrogens (tertiary/aromatic N) is 3. The Hall–Kier alpha value is -1.90. The molecule has 1 rings (SSSR count). The fourth-order valence-electron chi connectivity index (χ4n) is 0.766. The normalized spacial score (nSPS) is 11.7. The highest BCUT2D eigenvalue weighted by atomic mass is 16.1. The molecule has 1 aromatic rings. The van der Waals surface area contributed by atoms with Crippen LogP contribution in [0.15, 0.2) is 0 Å². The van der Waals surface area contributed by atoms with Gasteiger partial charge in [0.1, 0.15) is 0 Å². The summed E-state index contributed by atoms with van der Waals surface area (Å²) >= 11 is 0. The number of rotatable bonds is 3. The minimum absolute atomic E-state index is 0.00366. The van der Waals surface area contributed by atoms with Gasteiger partial charge in [-0.05, 0) is 5.92 Å². The van der Waals surface area contributed by atoms with Gasteiger partial charge < -0.3 is 5.32 Å². The number of nitrogens with one attached hydrogen (secondary N) is 2. The zero-order valence-electron chi connectivity index (χ0n) is 7.11. The Morgan fingerprint density at radius 1 is 1.85 bits per heavy atom. The van der Waals surface area contributed by atoms with Crippen LogP contribution < -0.4 is 5.32 Å². The van der Waals surface area contributed by atoms with Crippen LogP contribution in [0.2, 0.25) is 0 Å². The third kappa shape index (κ3) is 2.56. The third-order valence-corrected chi connectivity index (χ3v) is 1.50. The molecule has 1 unspecified atom stereocenters. The standard InChI is InChI=1S/C7H9N5O/c1-3-6(13)8-4-5(2)7-9-11-12-10-7/h1,5H,4H2,2H3,(H,8,13)(H,9,10,11,12). The van der Waals surface area contributed by atoms with Gasteiger partial charge in [0.2, 0.25) is 0 Å². The second kappa shape index (κ2) is 4.21. The number of hydrogen-bond donors (Lipinski definition) is 2. The van der Waals surface area contributed by atoms with Gasteiger partial charge in [0.15, 0.2) is 5.82 Å². The Morgan fingerprint density at radius 2 is 2.62 bits per heavy atom. The van der Waals surface area contributed by atoms with Crippen molar-refractivity contribution >= 4 is 5.91 Å². The first-order valence-corrected chi connectivity index (χ1v) is 3.72. The molecule has 1 aromatic heterocycles. The van der Waals surface area contributed by atoms with Crippen molar-refractivity contribution in [3.8, 4) is 12.3 Å². The zero-order chi connectivity index (χ0) is 9.68. The lowest BCUT2D eigenvalue weighted by atomic mass is 10.2. The summed E-state index contributed by atoms with van der Waals surface area (Å²) in [7, 11) is 0. The molecule has 0 saturated heterocycles. The molecule has 0 aliphatic carbocycles. The molecule has 68 valence electrons. The largest absolute Gasteiger partial charge is 0.345 e. The number of H-pyrrole nitrogens is 1. The number of aromatic amines is 1. The molecule has 1 atom stereocenters. The molecule has 1 amide bonds. The van der Waals surface area contributed by atoms with Crippen molar-refractivity contribution in [2.75, 3.05) is 6.54 Å². The molecule has 0 aromatic carbocycles. The molecule has 6 nitrogen and oxygen atoms in total. The van der Waals surface area contributed by atoms with Crippen LogP contribution in [0.25, 0.3) is 0 Å². The van der Waals surface area contributed by atoms with Crippen LogP contribution >= 0.6 is 0 Å². The number of terminal acetylenes is 1. The van der Waals surface area contributed by atoms with Crippen molar-refractivity contribution in [3.63, 3.8) is 0 Å². The number of carbonyl (C=O) groups excluding carboxylic acids is 1. The van der Waals surface area contributed by atoms with E-state index in [1.54, 1.807) is 0 Å². The first-order chi connectivity index (χ1) is 6.24. The van der Waals surface area contributed by atoms with Gasteiger partial charge in [-0.3, -0.25) is 4.79 Å². The van der Waals surface area contributed by atoms with Crippen molar-refractivity contribution in [1.82, 2.24) is 25.9 Å². The minimum atomic E-state index is -0.435. The molecular formula is C7H9N5O. The number of carbonyl (C=O) groups is 1. The molecule has 0 fully saturated rings. The predicted molar refractivity (Wildman–Crippen MR) is 44.4 cm³/mol. The highest BCUT2D eigenvalue weighted by molar-refractivity contribution is 5.92. The average Bonchev–Trinajstić information content (AvgIpc) is 2.66. The van der Waals surface area contributed by atoms with E-state index in [-0.39, 0.29) is 5.92 Å². The van der Waals surface area contributed by atoms with Crippen LogP contribution in [0.1, 0.15) is 18.7 Å². The minimum Gasteiger partial charge on any atom is -0.345 e. The summed E-state index contributed by atoms with van der Waals surface area (Å²) in [5, 5.41) is 15.8. The van der Waals surface area contributed by atoms with Crippen molar-refractivity contribution < 1.29 is 4.79 Å². The summed E-state index contributed by atoms with van der Waals surface area (Å²) in [6.07, 6.45) is 4.87. The Labute approximate surface area is 75.1 Å². The van der Waals surface area contributed by atoms with Crippen LogP contribution in [0.3, 0.4) is 0 Å². The van der Waals surface area contributed by atoms with E-state index in [2.05, 4.69) is 25.9 Å². The van der Waals surface area contributed by atoms with E-state index in [1.165, 1.54) is 0 Å². The molecule has 6 heteroatoms. The van der Waals surface area contributed by atoms with Crippen LogP contribution in [0, 0.1) is 12.3 Å². The van der Waals surface area contributed by atoms with Gasteiger partial charge >= 0.3 is 0 Å². The van der Waals surface area contributed by atoms with Gasteiger partial charge in [-0.1, -0.05) is 12.1 Å². The van der Waals surface area contributed by atoms with Gasteiger partial charge in [-0.15, -0.1) is 16.6 Å². The lowest BCUT2D eigenvalue weighted by molar-refractivity contribution is -0.115. The second-order valence-corrected chi connectivity index (χ2v) is 2.53. The van der Waals surface area contributed by atoms with E-state index >= 15 is 0 Å². The number of tetrazole rings is 1. The lowest BCUT2D eigenvalue weighted by Gasteiger charge is -2.05. The fourth-order valence-corrected chi connectivity index (χ4v) is 0.766. The van der Waals surface area contributed by atoms with Crippen LogP contribution in [0.5, 0.6) is 0 Å². The summed E-state index contributed by atoms with van der Waals surface area (Å²) in [5.41, 5.74) is 0. The Kier molecular flexibility index (Phi) is 2.97. The SMILES string of the molecule is C#CC(=O)NCC(C)c1nn[nH]n1. The van der Waals surface area contributed by atoms with E-state index in [0.29, 0.717) is 12.4 Å². The Morgan fingerprint density at radius 3 is 3.15 bits per heavy atom. The van der Waals surface area contributed by atoms with E-state index in [9.17, 15) is 4.79 Å². The maximum Gasteiger partial charge on any atom is 0.295 e. The first-order valence-electron chi connectivity index (χ1n) is 3.72. The van der Waals surface area contributed by atoms with E-state index in [0.717, 1.165) is 0 Å². The molecule has 0 saturated carbocycles. The summed E-state index contributed by atoms with van der Waals surface area (Å²) < 4.78 is 0. The second-order valence-electron chi connectivity index (χ2n) is 2.53. The summed E-state index contributed by atoms with van der Waals surface area (Å²) in [6, 6.07) is 0. The van der Waals surface area contributed by atoms with Gasteiger partial charge in [0.05, 0.1) is 0 Å². The molecule has 0 aliphatic heterocycles. The monoisotopic (exact) mass is 179 g/mol. The van der Waals surface area contributed by atoms with Crippen molar-refractivity contribution in [2.45, 2.75) is 12.8 Å². The van der Waals surface area contributed by atoms with Crippen molar-refractivity contribution in [2.24, 2.45) is 0 Å². The number of hydrogen-bond acceptors (Lipinski definition) is 4. The van der Waals surface area contributed by atoms with Gasteiger partial charge in [-0.2, -0.15) is 5.21 Å². The maximum absolute atomic E-state index is 10.7. The highest BCUT2D eigenvalue weighted by Gasteiger charge is 2.10. The first kappa shape index (κ1) is 9.19. The molecule has 0 aliphatic rings. The Bertz CT molecular complexity index is 312. The van der Waals surface area contributed by atoms with E-state index < -0.39 is 5.91 Å². The molecular weight excluding hydrogens is 170 g/mol. The lowest BCUT2D eigenvalue weighted by Crippen LogP contribution is -2.26. The smallest absolute Gasteiger partial charge is 0.295 e. The summed E-state index contributed by atoms with van der Waals surface area (Å²) in [5.74, 6) is 2.07. The van der Waals surface area contributed by atoms with E-state index in [1.807, 2.05) is 12.8 Å². The van der Waals surface area contributed by atoms with Gasteiger partial charge in [0.25, 0.3) is 5.91 Å². The number of aromatic nitrogens is 4. The van der Waals surface area contributed by atoms with Crippen molar-refractivity contribution in [1.29, 1.82) is 0 Å². The average molecular weight is 179 g/mol. The van der Waals surface area contributed by atoms with Crippen molar-refractivity contribution in [3.05, 3.63) is 5.82 Å². The number of amides is 1. The van der Waals surface area contributed by atoms with E-state index in [4.69, 9.17) is 6.42 Å². The van der Waals surface area contributed by atoms with Crippen LogP contribution in [-0.4, -0.2) is 33.1 Å². The molecule has 2 N–H and O–H groups in total. The van der Waals surface area contributed by atoms with Crippen LogP contribution in [0.4, 0.5) is 0 Å². The molecule has 13 heavy (non-hydrogen) atoms. The summed E-state index contributed by atoms with van der Waals surface area (Å²) in [4.78, 5) is 10.7. The molecule has 0 bridgehead atoms. The highest BCUT2D eigenvalue weighted by Crippen LogP contribution is 2.04. The quantitative estimate of drug-likeness (QED) is 0.586. The topological polar surface area (TPSA) is 83.6 Å². The molecule has 0 spiro atoms.